The van der Waals surface area contributed by atoms with Crippen LogP contribution in [0.5, 0.6) is 0 Å². The number of nitrogens with zero attached hydrogens (tertiary/aromatic N) is 4. The van der Waals surface area contributed by atoms with Crippen LogP contribution in [0.4, 0.5) is 15.9 Å². The summed E-state index contributed by atoms with van der Waals surface area (Å²) in [6, 6.07) is 10.3. The van der Waals surface area contributed by atoms with Crippen LogP contribution in [0.2, 0.25) is 0 Å². The lowest BCUT2D eigenvalue weighted by atomic mass is 10.2. The average molecular weight is 429 g/mol. The minimum atomic E-state index is -0.237. The Kier molecular flexibility index (Phi) is 7.64. The molecule has 1 aromatic carbocycles. The molecule has 1 aliphatic rings. The molecule has 3 rings (SSSR count). The smallest absolute Gasteiger partial charge is 0.260 e. The standard InChI is InChI=1S/C22H29FN6O2/c1-16(2)13-26-21(30)15-31-27-22(24)17-3-8-20(25-14-17)29-11-9-28(10-12-29)19-6-4-18(23)5-7-19/h3-8,14,16H,9-13,15H2,1-2H3,(H2,24,27)(H,26,30). The number of amides is 1. The summed E-state index contributed by atoms with van der Waals surface area (Å²) in [5, 5.41) is 6.54. The van der Waals surface area contributed by atoms with E-state index in [0.29, 0.717) is 18.0 Å². The van der Waals surface area contributed by atoms with E-state index in [1.54, 1.807) is 18.3 Å². The highest BCUT2D eigenvalue weighted by atomic mass is 19.1. The highest BCUT2D eigenvalue weighted by molar-refractivity contribution is 5.97. The number of halogens is 1. The van der Waals surface area contributed by atoms with Crippen LogP contribution in [-0.4, -0.2) is 56.1 Å². The Morgan fingerprint density at radius 2 is 1.84 bits per heavy atom. The van der Waals surface area contributed by atoms with Crippen molar-refractivity contribution in [2.24, 2.45) is 16.8 Å². The zero-order chi connectivity index (χ0) is 22.2. The van der Waals surface area contributed by atoms with Crippen molar-refractivity contribution in [3.05, 3.63) is 54.0 Å². The fourth-order valence-corrected chi connectivity index (χ4v) is 3.15. The molecule has 0 aliphatic carbocycles. The molecule has 0 spiro atoms. The summed E-state index contributed by atoms with van der Waals surface area (Å²) in [6.07, 6.45) is 1.64. The molecule has 166 valence electrons. The largest absolute Gasteiger partial charge is 0.384 e. The molecule has 3 N–H and O–H groups in total. The van der Waals surface area contributed by atoms with Gasteiger partial charge in [-0.2, -0.15) is 0 Å². The molecule has 0 bridgehead atoms. The molecule has 0 saturated carbocycles. The Bertz CT molecular complexity index is 878. The Hall–Kier alpha value is -3.36. The number of hydrogen-bond donors (Lipinski definition) is 2. The van der Waals surface area contributed by atoms with Gasteiger partial charge in [-0.05, 0) is 42.3 Å². The summed E-state index contributed by atoms with van der Waals surface area (Å²) in [6.45, 7) is 7.70. The van der Waals surface area contributed by atoms with Gasteiger partial charge in [-0.1, -0.05) is 19.0 Å². The van der Waals surface area contributed by atoms with Gasteiger partial charge in [0.1, 0.15) is 11.6 Å². The lowest BCUT2D eigenvalue weighted by Gasteiger charge is -2.36. The van der Waals surface area contributed by atoms with E-state index in [2.05, 4.69) is 25.3 Å². The van der Waals surface area contributed by atoms with E-state index in [9.17, 15) is 9.18 Å². The van der Waals surface area contributed by atoms with E-state index < -0.39 is 0 Å². The van der Waals surface area contributed by atoms with Gasteiger partial charge in [-0.15, -0.1) is 0 Å². The van der Waals surface area contributed by atoms with Crippen LogP contribution in [0.1, 0.15) is 19.4 Å². The molecule has 1 amide bonds. The van der Waals surface area contributed by atoms with E-state index in [4.69, 9.17) is 10.6 Å². The van der Waals surface area contributed by atoms with Gasteiger partial charge in [0.05, 0.1) is 0 Å². The normalized spacial score (nSPS) is 14.6. The number of aromatic nitrogens is 1. The van der Waals surface area contributed by atoms with Gasteiger partial charge in [0.25, 0.3) is 5.91 Å². The van der Waals surface area contributed by atoms with Crippen molar-refractivity contribution in [2.45, 2.75) is 13.8 Å². The van der Waals surface area contributed by atoms with Crippen LogP contribution >= 0.6 is 0 Å². The van der Waals surface area contributed by atoms with E-state index in [-0.39, 0.29) is 24.2 Å². The molecule has 1 saturated heterocycles. The van der Waals surface area contributed by atoms with Gasteiger partial charge in [-0.3, -0.25) is 4.79 Å². The van der Waals surface area contributed by atoms with Crippen molar-refractivity contribution < 1.29 is 14.0 Å². The number of amidine groups is 1. The number of pyridine rings is 1. The Labute approximate surface area is 181 Å². The number of piperazine rings is 1. The van der Waals surface area contributed by atoms with Crippen molar-refractivity contribution in [1.29, 1.82) is 0 Å². The zero-order valence-electron chi connectivity index (χ0n) is 17.9. The number of benzene rings is 1. The van der Waals surface area contributed by atoms with E-state index in [1.807, 2.05) is 26.0 Å². The zero-order valence-corrected chi connectivity index (χ0v) is 17.9. The predicted molar refractivity (Wildman–Crippen MR) is 120 cm³/mol. The predicted octanol–water partition coefficient (Wildman–Crippen LogP) is 1.96. The third-order valence-electron chi connectivity index (χ3n) is 4.91. The summed E-state index contributed by atoms with van der Waals surface area (Å²) in [7, 11) is 0. The van der Waals surface area contributed by atoms with E-state index in [1.165, 1.54) is 12.1 Å². The van der Waals surface area contributed by atoms with Gasteiger partial charge < -0.3 is 25.7 Å². The lowest BCUT2D eigenvalue weighted by molar-refractivity contribution is -0.125. The summed E-state index contributed by atoms with van der Waals surface area (Å²) >= 11 is 0. The second-order valence-corrected chi connectivity index (χ2v) is 7.80. The Balaban J connectivity index is 1.48. The maximum absolute atomic E-state index is 13.1. The first-order chi connectivity index (χ1) is 14.9. The van der Waals surface area contributed by atoms with E-state index >= 15 is 0 Å². The lowest BCUT2D eigenvalue weighted by Crippen LogP contribution is -2.46. The Morgan fingerprint density at radius 3 is 2.45 bits per heavy atom. The fourth-order valence-electron chi connectivity index (χ4n) is 3.15. The molecule has 1 fully saturated rings. The topological polar surface area (TPSA) is 96.1 Å². The summed E-state index contributed by atoms with van der Waals surface area (Å²) < 4.78 is 13.1. The van der Waals surface area contributed by atoms with Gasteiger partial charge in [0.2, 0.25) is 0 Å². The second-order valence-electron chi connectivity index (χ2n) is 7.80. The first-order valence-corrected chi connectivity index (χ1v) is 10.4. The van der Waals surface area contributed by atoms with Crippen LogP contribution in [0.25, 0.3) is 0 Å². The van der Waals surface area contributed by atoms with Crippen molar-refractivity contribution >= 4 is 23.2 Å². The average Bonchev–Trinajstić information content (AvgIpc) is 2.78. The number of nitrogens with one attached hydrogen (secondary N) is 1. The molecule has 1 aliphatic heterocycles. The first-order valence-electron chi connectivity index (χ1n) is 10.4. The van der Waals surface area contributed by atoms with Gasteiger partial charge in [0, 0.05) is 50.2 Å². The molecule has 31 heavy (non-hydrogen) atoms. The molecule has 0 atom stereocenters. The molecule has 0 unspecified atom stereocenters. The van der Waals surface area contributed by atoms with Gasteiger partial charge >= 0.3 is 0 Å². The van der Waals surface area contributed by atoms with Crippen molar-refractivity contribution in [2.75, 3.05) is 49.1 Å². The van der Waals surface area contributed by atoms with Crippen LogP contribution in [0.3, 0.4) is 0 Å². The third kappa shape index (κ3) is 6.56. The number of hydrogen-bond acceptors (Lipinski definition) is 6. The number of anilines is 2. The quantitative estimate of drug-likeness (QED) is 0.379. The van der Waals surface area contributed by atoms with Gasteiger partial charge in [-0.25, -0.2) is 9.37 Å². The first kappa shape index (κ1) is 22.3. The minimum Gasteiger partial charge on any atom is -0.384 e. The maximum atomic E-state index is 13.1. The van der Waals surface area contributed by atoms with Crippen LogP contribution in [-0.2, 0) is 9.63 Å². The van der Waals surface area contributed by atoms with E-state index in [0.717, 1.165) is 37.7 Å². The molecule has 2 heterocycles. The highest BCUT2D eigenvalue weighted by Gasteiger charge is 2.18. The summed E-state index contributed by atoms with van der Waals surface area (Å²) in [4.78, 5) is 25.6. The molecule has 1 aromatic heterocycles. The number of carbonyl (C=O) groups is 1. The molecule has 0 radical (unpaired) electrons. The van der Waals surface area contributed by atoms with Crippen molar-refractivity contribution in [3.63, 3.8) is 0 Å². The number of oxime groups is 1. The molecular weight excluding hydrogens is 399 g/mol. The molecule has 2 aromatic rings. The monoisotopic (exact) mass is 428 g/mol. The van der Waals surface area contributed by atoms with Crippen LogP contribution < -0.4 is 20.9 Å². The van der Waals surface area contributed by atoms with Crippen molar-refractivity contribution in [1.82, 2.24) is 10.3 Å². The van der Waals surface area contributed by atoms with Crippen LogP contribution in [0, 0.1) is 11.7 Å². The molecular formula is C22H29FN6O2. The molecule has 8 nitrogen and oxygen atoms in total. The molecule has 9 heteroatoms. The minimum absolute atomic E-state index is 0.164. The third-order valence-corrected chi connectivity index (χ3v) is 4.91. The van der Waals surface area contributed by atoms with Crippen molar-refractivity contribution in [3.8, 4) is 0 Å². The second kappa shape index (κ2) is 10.6. The van der Waals surface area contributed by atoms with Crippen LogP contribution in [0.15, 0.2) is 47.8 Å². The highest BCUT2D eigenvalue weighted by Crippen LogP contribution is 2.19. The maximum Gasteiger partial charge on any atom is 0.260 e. The summed E-state index contributed by atoms with van der Waals surface area (Å²) in [5.41, 5.74) is 7.57. The Morgan fingerprint density at radius 1 is 1.16 bits per heavy atom. The van der Waals surface area contributed by atoms with Gasteiger partial charge in [0.15, 0.2) is 12.4 Å². The number of nitrogens with two attached hydrogens (primary N) is 1. The fraction of sp³-hybridized carbons (Fsp3) is 0.409. The number of carbonyl (C=O) groups excluding carboxylic acids is 1. The summed E-state index contributed by atoms with van der Waals surface area (Å²) in [5.74, 6) is 0.918. The SMILES string of the molecule is CC(C)CNC(=O)CO/N=C(\N)c1ccc(N2CCN(c3ccc(F)cc3)CC2)nc1. The number of rotatable bonds is 8.